The van der Waals surface area contributed by atoms with Crippen LogP contribution in [0.4, 0.5) is 5.82 Å². The molecule has 0 bridgehead atoms. The molecular weight excluding hydrogens is 438 g/mol. The summed E-state index contributed by atoms with van der Waals surface area (Å²) in [6, 6.07) is 20.5. The van der Waals surface area contributed by atoms with Gasteiger partial charge in [-0.15, -0.1) is 6.58 Å². The summed E-state index contributed by atoms with van der Waals surface area (Å²) in [6.45, 7) is 6.47. The third kappa shape index (κ3) is 5.73. The lowest BCUT2D eigenvalue weighted by Crippen LogP contribution is -2.12. The van der Waals surface area contributed by atoms with Gasteiger partial charge in [0.25, 0.3) is 5.91 Å². The Kier molecular flexibility index (Phi) is 6.95. The summed E-state index contributed by atoms with van der Waals surface area (Å²) in [4.78, 5) is 12.6. The van der Waals surface area contributed by atoms with Gasteiger partial charge in [-0.2, -0.15) is 5.10 Å². The van der Waals surface area contributed by atoms with Crippen molar-refractivity contribution >= 4 is 23.3 Å². The van der Waals surface area contributed by atoms with Crippen molar-refractivity contribution in [2.75, 3.05) is 5.32 Å². The number of para-hydroxylation sites is 1. The molecule has 0 atom stereocenters. The lowest BCUT2D eigenvalue weighted by Gasteiger charge is -2.08. The number of aromatic nitrogens is 2. The van der Waals surface area contributed by atoms with Crippen molar-refractivity contribution in [1.82, 2.24) is 9.78 Å². The first-order valence-electron chi connectivity index (χ1n) is 10.5. The van der Waals surface area contributed by atoms with E-state index in [9.17, 15) is 4.79 Å². The number of nitrogens with zero attached hydrogens (tertiary/aromatic N) is 2. The van der Waals surface area contributed by atoms with Crippen LogP contribution in [0.2, 0.25) is 5.02 Å². The molecule has 2 heterocycles. The smallest absolute Gasteiger partial charge is 0.292 e. The van der Waals surface area contributed by atoms with Gasteiger partial charge in [-0.05, 0) is 54.8 Å². The van der Waals surface area contributed by atoms with E-state index in [4.69, 9.17) is 20.8 Å². The molecule has 0 saturated heterocycles. The van der Waals surface area contributed by atoms with Crippen LogP contribution in [0.1, 0.15) is 33.1 Å². The van der Waals surface area contributed by atoms with E-state index in [1.54, 1.807) is 12.1 Å². The summed E-state index contributed by atoms with van der Waals surface area (Å²) in [7, 11) is 0. The van der Waals surface area contributed by atoms with E-state index in [1.165, 1.54) is 0 Å². The molecule has 1 N–H and O–H groups in total. The number of furan rings is 1. The first-order valence-corrected chi connectivity index (χ1v) is 10.9. The lowest BCUT2D eigenvalue weighted by atomic mass is 10.1. The average Bonchev–Trinajstić information content (AvgIpc) is 3.40. The zero-order chi connectivity index (χ0) is 23.2. The molecule has 0 radical (unpaired) electrons. The third-order valence-electron chi connectivity index (χ3n) is 5.04. The molecule has 4 aromatic rings. The van der Waals surface area contributed by atoms with E-state index in [1.807, 2.05) is 72.3 Å². The molecule has 6 nitrogen and oxygen atoms in total. The van der Waals surface area contributed by atoms with E-state index in [0.717, 1.165) is 22.6 Å². The number of aryl methyl sites for hydroxylation is 1. The average molecular weight is 462 g/mol. The van der Waals surface area contributed by atoms with Crippen molar-refractivity contribution < 1.29 is 13.9 Å². The van der Waals surface area contributed by atoms with Crippen LogP contribution in [-0.4, -0.2) is 15.7 Å². The summed E-state index contributed by atoms with van der Waals surface area (Å²) in [6.07, 6.45) is 2.54. The second kappa shape index (κ2) is 10.2. The van der Waals surface area contributed by atoms with Crippen molar-refractivity contribution in [1.29, 1.82) is 0 Å². The zero-order valence-corrected chi connectivity index (χ0v) is 19.0. The fraction of sp³-hybridized carbons (Fsp3) is 0.154. The van der Waals surface area contributed by atoms with Crippen LogP contribution in [0, 0.1) is 6.92 Å². The van der Waals surface area contributed by atoms with Crippen molar-refractivity contribution in [3.8, 4) is 5.75 Å². The van der Waals surface area contributed by atoms with Gasteiger partial charge in [0.2, 0.25) is 0 Å². The van der Waals surface area contributed by atoms with Gasteiger partial charge in [-0.25, -0.2) is 0 Å². The molecule has 168 valence electrons. The van der Waals surface area contributed by atoms with Crippen molar-refractivity contribution in [3.05, 3.63) is 113 Å². The number of allylic oxidation sites excluding steroid dienone is 1. The van der Waals surface area contributed by atoms with Gasteiger partial charge >= 0.3 is 0 Å². The molecule has 0 aliphatic heterocycles. The Balaban J connectivity index is 1.37. The SMILES string of the molecule is C=CCc1ccccc1OCc1ccc(C(=O)Nc2cc(C)n(Cc3cccc(Cl)c3)n2)o1. The number of halogens is 1. The predicted octanol–water partition coefficient (Wildman–Crippen LogP) is 6.05. The summed E-state index contributed by atoms with van der Waals surface area (Å²) in [5, 5.41) is 7.94. The van der Waals surface area contributed by atoms with Crippen LogP contribution in [0.15, 0.2) is 83.8 Å². The quantitative estimate of drug-likeness (QED) is 0.308. The fourth-order valence-electron chi connectivity index (χ4n) is 3.41. The molecule has 0 spiro atoms. The number of nitrogens with one attached hydrogen (secondary N) is 1. The van der Waals surface area contributed by atoms with Gasteiger partial charge in [0.15, 0.2) is 11.6 Å². The maximum absolute atomic E-state index is 12.6. The van der Waals surface area contributed by atoms with Crippen molar-refractivity contribution in [3.63, 3.8) is 0 Å². The first kappa shape index (κ1) is 22.4. The van der Waals surface area contributed by atoms with E-state index < -0.39 is 0 Å². The second-order valence-electron chi connectivity index (χ2n) is 7.57. The highest BCUT2D eigenvalue weighted by Crippen LogP contribution is 2.21. The van der Waals surface area contributed by atoms with Crippen LogP contribution in [0.25, 0.3) is 0 Å². The molecule has 33 heavy (non-hydrogen) atoms. The minimum Gasteiger partial charge on any atom is -0.485 e. The fourth-order valence-corrected chi connectivity index (χ4v) is 3.63. The molecular formula is C26H24ClN3O3. The lowest BCUT2D eigenvalue weighted by molar-refractivity contribution is 0.0992. The minimum atomic E-state index is -0.374. The summed E-state index contributed by atoms with van der Waals surface area (Å²) < 4.78 is 13.4. The van der Waals surface area contributed by atoms with Crippen LogP contribution in [0.5, 0.6) is 5.75 Å². The number of carbonyl (C=O) groups excluding carboxylic acids is 1. The molecule has 0 aliphatic rings. The molecule has 0 unspecified atom stereocenters. The Hall–Kier alpha value is -3.77. The number of hydrogen-bond donors (Lipinski definition) is 1. The molecule has 2 aromatic carbocycles. The topological polar surface area (TPSA) is 69.3 Å². The zero-order valence-electron chi connectivity index (χ0n) is 18.3. The summed E-state index contributed by atoms with van der Waals surface area (Å²) in [5.41, 5.74) is 2.98. The molecule has 0 fully saturated rings. The van der Waals surface area contributed by atoms with Crippen molar-refractivity contribution in [2.24, 2.45) is 0 Å². The van der Waals surface area contributed by atoms with Gasteiger partial charge in [-0.3, -0.25) is 9.48 Å². The normalized spacial score (nSPS) is 10.7. The standard InChI is InChI=1S/C26H24ClN3O3/c1-3-7-20-9-4-5-11-23(20)32-17-22-12-13-24(33-22)26(31)28-25-14-18(2)30(29-25)16-19-8-6-10-21(27)15-19/h3-6,8-15H,1,7,16-17H2,2H3,(H,28,29,31). The maximum Gasteiger partial charge on any atom is 0.292 e. The van der Waals surface area contributed by atoms with Crippen LogP contribution in [0.3, 0.4) is 0 Å². The van der Waals surface area contributed by atoms with Gasteiger partial charge in [0.1, 0.15) is 18.1 Å². The number of anilines is 1. The maximum atomic E-state index is 12.6. The Morgan fingerprint density at radius 3 is 2.85 bits per heavy atom. The molecule has 0 saturated carbocycles. The second-order valence-corrected chi connectivity index (χ2v) is 8.00. The predicted molar refractivity (Wildman–Crippen MR) is 129 cm³/mol. The highest BCUT2D eigenvalue weighted by atomic mass is 35.5. The number of ether oxygens (including phenoxy) is 1. The molecule has 4 rings (SSSR count). The summed E-state index contributed by atoms with van der Waals surface area (Å²) in [5.74, 6) is 1.58. The number of amides is 1. The van der Waals surface area contributed by atoms with Crippen LogP contribution < -0.4 is 10.1 Å². The Morgan fingerprint density at radius 1 is 1.18 bits per heavy atom. The van der Waals surface area contributed by atoms with Gasteiger partial charge in [-0.1, -0.05) is 48.0 Å². The van der Waals surface area contributed by atoms with E-state index in [-0.39, 0.29) is 18.3 Å². The van der Waals surface area contributed by atoms with Gasteiger partial charge in [0, 0.05) is 16.8 Å². The number of benzene rings is 2. The van der Waals surface area contributed by atoms with Crippen LogP contribution in [-0.2, 0) is 19.6 Å². The Bertz CT molecular complexity index is 1280. The molecule has 0 aliphatic carbocycles. The monoisotopic (exact) mass is 461 g/mol. The highest BCUT2D eigenvalue weighted by molar-refractivity contribution is 6.30. The van der Waals surface area contributed by atoms with Gasteiger partial charge in [0.05, 0.1) is 6.54 Å². The third-order valence-corrected chi connectivity index (χ3v) is 5.27. The molecule has 7 heteroatoms. The first-order chi connectivity index (χ1) is 16.0. The Morgan fingerprint density at radius 2 is 2.03 bits per heavy atom. The number of rotatable bonds is 9. The molecule has 2 aromatic heterocycles. The van der Waals surface area contributed by atoms with E-state index >= 15 is 0 Å². The van der Waals surface area contributed by atoms with Gasteiger partial charge < -0.3 is 14.5 Å². The largest absolute Gasteiger partial charge is 0.485 e. The number of carbonyl (C=O) groups is 1. The van der Waals surface area contributed by atoms with Crippen LogP contribution >= 0.6 is 11.6 Å². The minimum absolute atomic E-state index is 0.190. The molecule has 1 amide bonds. The highest BCUT2D eigenvalue weighted by Gasteiger charge is 2.15. The summed E-state index contributed by atoms with van der Waals surface area (Å²) >= 11 is 6.06. The van der Waals surface area contributed by atoms with E-state index in [0.29, 0.717) is 29.6 Å². The van der Waals surface area contributed by atoms with Crippen molar-refractivity contribution in [2.45, 2.75) is 26.5 Å². The number of hydrogen-bond acceptors (Lipinski definition) is 4. The van der Waals surface area contributed by atoms with E-state index in [2.05, 4.69) is 17.0 Å². The Labute approximate surface area is 197 Å².